The summed E-state index contributed by atoms with van der Waals surface area (Å²) in [6, 6.07) is 14.4. The number of anilines is 4. The number of rotatable bonds is 8. The van der Waals surface area contributed by atoms with Crippen LogP contribution in [0.5, 0.6) is 5.75 Å². The highest BCUT2D eigenvalue weighted by atomic mass is 16.6. The zero-order valence-electron chi connectivity index (χ0n) is 21.1. The van der Waals surface area contributed by atoms with Crippen LogP contribution < -0.4 is 20.3 Å². The van der Waals surface area contributed by atoms with Crippen LogP contribution in [0.3, 0.4) is 0 Å². The maximum Gasteiger partial charge on any atom is 0.323 e. The number of ether oxygens (including phenoxy) is 1. The van der Waals surface area contributed by atoms with Gasteiger partial charge in [-0.3, -0.25) is 15.1 Å². The minimum absolute atomic E-state index is 0.169. The van der Waals surface area contributed by atoms with Crippen molar-refractivity contribution in [3.63, 3.8) is 0 Å². The molecule has 5 rings (SSSR count). The Morgan fingerprint density at radius 1 is 1.10 bits per heavy atom. The van der Waals surface area contributed by atoms with E-state index in [2.05, 4.69) is 25.5 Å². The van der Waals surface area contributed by atoms with E-state index in [1.165, 1.54) is 25.3 Å². The average molecular weight is 525 g/mol. The van der Waals surface area contributed by atoms with Crippen LogP contribution in [0, 0.1) is 10.1 Å². The van der Waals surface area contributed by atoms with Crippen LogP contribution in [0.4, 0.5) is 33.4 Å². The van der Waals surface area contributed by atoms with E-state index < -0.39 is 11.0 Å². The molecule has 3 aromatic heterocycles. The number of nitrogens with one attached hydrogen (secondary N) is 2. The fraction of sp³-hybridized carbons (Fsp3) is 0.111. The number of methoxy groups -OCH3 is 1. The lowest BCUT2D eigenvalue weighted by Gasteiger charge is -2.23. The molecule has 0 fully saturated rings. The largest absolute Gasteiger partial charge is 0.495 e. The van der Waals surface area contributed by atoms with E-state index in [9.17, 15) is 14.9 Å². The van der Waals surface area contributed by atoms with E-state index in [0.29, 0.717) is 35.1 Å². The van der Waals surface area contributed by atoms with Crippen LogP contribution in [-0.4, -0.2) is 44.0 Å². The third-order valence-electron chi connectivity index (χ3n) is 5.96. The molecule has 0 bridgehead atoms. The van der Waals surface area contributed by atoms with Crippen LogP contribution in [0.1, 0.15) is 6.92 Å². The smallest absolute Gasteiger partial charge is 0.323 e. The van der Waals surface area contributed by atoms with Crippen molar-refractivity contribution in [2.75, 3.05) is 29.2 Å². The molecule has 39 heavy (non-hydrogen) atoms. The van der Waals surface area contributed by atoms with Crippen molar-refractivity contribution in [3.8, 4) is 17.0 Å². The molecule has 0 unspecified atom stereocenters. The number of amides is 2. The Kier molecular flexibility index (Phi) is 6.99. The normalized spacial score (nSPS) is 10.7. The lowest BCUT2D eigenvalue weighted by molar-refractivity contribution is -0.384. The summed E-state index contributed by atoms with van der Waals surface area (Å²) in [4.78, 5) is 39.0. The number of hydrogen-bond donors (Lipinski definition) is 2. The highest BCUT2D eigenvalue weighted by Gasteiger charge is 2.17. The number of carbonyl (C=O) groups is 1. The van der Waals surface area contributed by atoms with Crippen molar-refractivity contribution in [3.05, 3.63) is 95.7 Å². The number of fused-ring (bicyclic) bond motifs is 1. The number of nitro groups is 1. The van der Waals surface area contributed by atoms with Crippen LogP contribution >= 0.6 is 0 Å². The van der Waals surface area contributed by atoms with Crippen LogP contribution in [0.25, 0.3) is 16.9 Å². The standard InChI is InChI=1S/C27H24N8O4/c1-3-34(20-9-11-28-12-10-20)26-25-29-13-14-33(25)17-23(31-26)18-5-4-6-19(15-18)30-27(36)32-22-16-21(35(37)38)7-8-24(22)39-2/h4-17H,3H2,1-2H3,(H2,30,32,36). The molecule has 0 atom stereocenters. The van der Waals surface area contributed by atoms with E-state index in [-0.39, 0.29) is 11.4 Å². The predicted octanol–water partition coefficient (Wildman–Crippen LogP) is 5.51. The van der Waals surface area contributed by atoms with Gasteiger partial charge in [0.25, 0.3) is 5.69 Å². The van der Waals surface area contributed by atoms with Gasteiger partial charge in [0.15, 0.2) is 11.5 Å². The van der Waals surface area contributed by atoms with E-state index in [0.717, 1.165) is 11.3 Å². The second kappa shape index (κ2) is 10.8. The maximum atomic E-state index is 12.8. The van der Waals surface area contributed by atoms with Gasteiger partial charge < -0.3 is 24.7 Å². The molecule has 12 nitrogen and oxygen atoms in total. The molecular weight excluding hydrogens is 500 g/mol. The minimum Gasteiger partial charge on any atom is -0.495 e. The monoisotopic (exact) mass is 524 g/mol. The van der Waals surface area contributed by atoms with Gasteiger partial charge in [0, 0.05) is 66.6 Å². The van der Waals surface area contributed by atoms with Gasteiger partial charge in [-0.25, -0.2) is 14.8 Å². The van der Waals surface area contributed by atoms with Gasteiger partial charge in [0.1, 0.15) is 5.75 Å². The summed E-state index contributed by atoms with van der Waals surface area (Å²) in [5.74, 6) is 0.976. The molecule has 0 saturated heterocycles. The SMILES string of the molecule is CCN(c1ccncc1)c1nc(-c2cccc(NC(=O)Nc3cc([N+](=O)[O-])ccc3OC)c2)cn2ccnc12. The summed E-state index contributed by atoms with van der Waals surface area (Å²) in [5, 5.41) is 16.5. The number of imidazole rings is 1. The Labute approximate surface area is 223 Å². The summed E-state index contributed by atoms with van der Waals surface area (Å²) < 4.78 is 7.13. The predicted molar refractivity (Wildman–Crippen MR) is 148 cm³/mol. The molecule has 0 aliphatic carbocycles. The van der Waals surface area contributed by atoms with Gasteiger partial charge in [-0.15, -0.1) is 0 Å². The first-order chi connectivity index (χ1) is 19.0. The lowest BCUT2D eigenvalue weighted by Crippen LogP contribution is -2.20. The maximum absolute atomic E-state index is 12.8. The molecule has 3 heterocycles. The number of hydrogen-bond acceptors (Lipinski definition) is 8. The first-order valence-electron chi connectivity index (χ1n) is 12.0. The van der Waals surface area contributed by atoms with E-state index in [1.807, 2.05) is 41.9 Å². The van der Waals surface area contributed by atoms with Gasteiger partial charge >= 0.3 is 6.03 Å². The van der Waals surface area contributed by atoms with Crippen LogP contribution in [0.2, 0.25) is 0 Å². The highest BCUT2D eigenvalue weighted by Crippen LogP contribution is 2.31. The summed E-state index contributed by atoms with van der Waals surface area (Å²) in [7, 11) is 1.42. The summed E-state index contributed by atoms with van der Waals surface area (Å²) in [6.45, 7) is 2.69. The lowest BCUT2D eigenvalue weighted by atomic mass is 10.1. The zero-order valence-corrected chi connectivity index (χ0v) is 21.1. The molecule has 196 valence electrons. The molecule has 0 spiro atoms. The number of urea groups is 1. The summed E-state index contributed by atoms with van der Waals surface area (Å²) >= 11 is 0. The van der Waals surface area contributed by atoms with E-state index >= 15 is 0 Å². The van der Waals surface area contributed by atoms with Crippen molar-refractivity contribution < 1.29 is 14.5 Å². The molecule has 5 aromatic rings. The van der Waals surface area contributed by atoms with Crippen molar-refractivity contribution >= 4 is 40.2 Å². The average Bonchev–Trinajstić information content (AvgIpc) is 3.43. The van der Waals surface area contributed by atoms with Crippen molar-refractivity contribution in [1.29, 1.82) is 0 Å². The molecular formula is C27H24N8O4. The molecule has 0 aliphatic rings. The second-order valence-corrected chi connectivity index (χ2v) is 8.36. The molecule has 2 N–H and O–H groups in total. The molecule has 0 radical (unpaired) electrons. The van der Waals surface area contributed by atoms with Crippen molar-refractivity contribution in [1.82, 2.24) is 19.4 Å². The van der Waals surface area contributed by atoms with Crippen LogP contribution in [0.15, 0.2) is 85.6 Å². The number of carbonyl (C=O) groups excluding carboxylic acids is 1. The summed E-state index contributed by atoms with van der Waals surface area (Å²) in [5.41, 5.74) is 3.59. The van der Waals surface area contributed by atoms with Crippen LogP contribution in [-0.2, 0) is 0 Å². The molecule has 2 aromatic carbocycles. The summed E-state index contributed by atoms with van der Waals surface area (Å²) in [6.07, 6.45) is 8.91. The Morgan fingerprint density at radius 3 is 2.67 bits per heavy atom. The molecule has 0 saturated carbocycles. The number of nitro benzene ring substituents is 1. The van der Waals surface area contributed by atoms with Crippen molar-refractivity contribution in [2.45, 2.75) is 6.92 Å². The second-order valence-electron chi connectivity index (χ2n) is 8.36. The van der Waals surface area contributed by atoms with E-state index in [1.54, 1.807) is 36.8 Å². The quantitative estimate of drug-likeness (QED) is 0.200. The Hall–Kier alpha value is -5.52. The Balaban J connectivity index is 1.44. The number of nitrogens with zero attached hydrogens (tertiary/aromatic N) is 6. The van der Waals surface area contributed by atoms with E-state index in [4.69, 9.17) is 9.72 Å². The number of aromatic nitrogens is 4. The van der Waals surface area contributed by atoms with Gasteiger partial charge in [0.2, 0.25) is 0 Å². The molecule has 12 heteroatoms. The molecule has 2 amide bonds. The highest BCUT2D eigenvalue weighted by molar-refractivity contribution is 6.01. The topological polar surface area (TPSA) is 140 Å². The third-order valence-corrected chi connectivity index (χ3v) is 5.96. The van der Waals surface area contributed by atoms with Gasteiger partial charge in [-0.1, -0.05) is 12.1 Å². The van der Waals surface area contributed by atoms with Crippen molar-refractivity contribution in [2.24, 2.45) is 0 Å². The number of pyridine rings is 1. The Morgan fingerprint density at radius 2 is 1.92 bits per heavy atom. The van der Waals surface area contributed by atoms with Gasteiger partial charge in [-0.2, -0.15) is 0 Å². The Bertz CT molecular complexity index is 1650. The number of benzene rings is 2. The van der Waals surface area contributed by atoms with Gasteiger partial charge in [-0.05, 0) is 37.3 Å². The number of non-ortho nitro benzene ring substituents is 1. The fourth-order valence-electron chi connectivity index (χ4n) is 4.16. The zero-order chi connectivity index (χ0) is 27.4. The van der Waals surface area contributed by atoms with Gasteiger partial charge in [0.05, 0.1) is 23.4 Å². The third kappa shape index (κ3) is 5.30. The fourth-order valence-corrected chi connectivity index (χ4v) is 4.16. The first kappa shape index (κ1) is 25.1. The molecule has 0 aliphatic heterocycles. The minimum atomic E-state index is -0.584. The first-order valence-corrected chi connectivity index (χ1v) is 12.0.